The summed E-state index contributed by atoms with van der Waals surface area (Å²) in [7, 11) is -3.93. The molecule has 0 atom stereocenters. The second kappa shape index (κ2) is 8.25. The van der Waals surface area contributed by atoms with E-state index in [9.17, 15) is 21.6 Å². The zero-order valence-corrected chi connectivity index (χ0v) is 14.6. The van der Waals surface area contributed by atoms with Gasteiger partial charge in [-0.05, 0) is 42.8 Å². The lowest BCUT2D eigenvalue weighted by Gasteiger charge is -2.08. The molecule has 0 saturated heterocycles. The Kier molecular flexibility index (Phi) is 6.29. The first-order valence-corrected chi connectivity index (χ1v) is 8.99. The topological polar surface area (TPSA) is 55.4 Å². The molecule has 0 aromatic heterocycles. The van der Waals surface area contributed by atoms with Gasteiger partial charge < -0.3 is 4.74 Å². The number of hydrogen-bond acceptors (Lipinski definition) is 3. The summed E-state index contributed by atoms with van der Waals surface area (Å²) >= 11 is 0. The fourth-order valence-corrected chi connectivity index (χ4v) is 2.91. The number of benzene rings is 2. The molecule has 0 aliphatic rings. The van der Waals surface area contributed by atoms with Crippen molar-refractivity contribution in [3.05, 3.63) is 59.7 Å². The molecular weight excluding hydrogens is 367 g/mol. The Bertz CT molecular complexity index is 911. The van der Waals surface area contributed by atoms with Gasteiger partial charge in [-0.2, -0.15) is 17.9 Å². The zero-order chi connectivity index (χ0) is 19.2. The van der Waals surface area contributed by atoms with Gasteiger partial charge in [0.05, 0.1) is 17.0 Å². The number of alkyl halides is 3. The molecule has 8 heteroatoms. The fourth-order valence-electron chi connectivity index (χ4n) is 1.98. The maximum absolute atomic E-state index is 12.5. The standard InChI is InChI=1S/C18H16F3NO3S/c1-14-6-2-3-7-17(14)25-13-5-4-12-22-26(23,24)16-10-8-15(9-11-16)18(19,20)21/h2-3,6-11,22H,12-13H2,1H3. The minimum atomic E-state index is -4.52. The van der Waals surface area contributed by atoms with Crippen LogP contribution in [-0.4, -0.2) is 21.6 Å². The highest BCUT2D eigenvalue weighted by molar-refractivity contribution is 7.89. The van der Waals surface area contributed by atoms with E-state index in [2.05, 4.69) is 16.6 Å². The van der Waals surface area contributed by atoms with Crippen molar-refractivity contribution in [3.8, 4) is 17.6 Å². The molecule has 2 aromatic carbocycles. The van der Waals surface area contributed by atoms with Crippen LogP contribution in [0.5, 0.6) is 5.75 Å². The van der Waals surface area contributed by atoms with Crippen LogP contribution in [0.15, 0.2) is 53.4 Å². The molecule has 0 aliphatic carbocycles. The van der Waals surface area contributed by atoms with Gasteiger partial charge in [-0.15, -0.1) is 0 Å². The highest BCUT2D eigenvalue weighted by Crippen LogP contribution is 2.29. The number of hydrogen-bond donors (Lipinski definition) is 1. The van der Waals surface area contributed by atoms with Crippen molar-refractivity contribution in [2.45, 2.75) is 18.0 Å². The molecule has 0 saturated carbocycles. The summed E-state index contributed by atoms with van der Waals surface area (Å²) in [5.74, 6) is 5.94. The molecule has 138 valence electrons. The van der Waals surface area contributed by atoms with E-state index < -0.39 is 21.8 Å². The normalized spacial score (nSPS) is 11.5. The van der Waals surface area contributed by atoms with Gasteiger partial charge in [0.2, 0.25) is 10.0 Å². The van der Waals surface area contributed by atoms with Crippen molar-refractivity contribution >= 4 is 10.0 Å². The van der Waals surface area contributed by atoms with Crippen LogP contribution in [-0.2, 0) is 16.2 Å². The van der Waals surface area contributed by atoms with Crippen LogP contribution in [0.3, 0.4) is 0 Å². The molecule has 0 aliphatic heterocycles. The first-order valence-electron chi connectivity index (χ1n) is 7.51. The van der Waals surface area contributed by atoms with E-state index >= 15 is 0 Å². The molecule has 0 amide bonds. The monoisotopic (exact) mass is 383 g/mol. The van der Waals surface area contributed by atoms with E-state index in [1.54, 1.807) is 6.07 Å². The molecule has 2 aromatic rings. The Balaban J connectivity index is 1.88. The first-order chi connectivity index (χ1) is 12.2. The van der Waals surface area contributed by atoms with Gasteiger partial charge in [0, 0.05) is 0 Å². The lowest BCUT2D eigenvalue weighted by molar-refractivity contribution is -0.137. The van der Waals surface area contributed by atoms with Gasteiger partial charge in [0.25, 0.3) is 0 Å². The van der Waals surface area contributed by atoms with Crippen LogP contribution >= 0.6 is 0 Å². The number of nitrogens with one attached hydrogen (secondary N) is 1. The smallest absolute Gasteiger partial charge is 0.416 e. The van der Waals surface area contributed by atoms with Crippen LogP contribution in [0.4, 0.5) is 13.2 Å². The molecule has 0 bridgehead atoms. The minimum absolute atomic E-state index is 0.0901. The third kappa shape index (κ3) is 5.51. The van der Waals surface area contributed by atoms with E-state index in [0.29, 0.717) is 5.75 Å². The Labute approximate surface area is 150 Å². The summed E-state index contributed by atoms with van der Waals surface area (Å²) in [4.78, 5) is -0.261. The highest BCUT2D eigenvalue weighted by Gasteiger charge is 2.30. The SMILES string of the molecule is Cc1ccccc1OCC#CCNS(=O)(=O)c1ccc(C(F)(F)F)cc1. The molecule has 4 nitrogen and oxygen atoms in total. The largest absolute Gasteiger partial charge is 0.481 e. The van der Waals surface area contributed by atoms with Gasteiger partial charge in [0.15, 0.2) is 0 Å². The predicted octanol–water partition coefficient (Wildman–Crippen LogP) is 3.37. The van der Waals surface area contributed by atoms with Crippen LogP contribution in [0.2, 0.25) is 0 Å². The molecule has 26 heavy (non-hydrogen) atoms. The van der Waals surface area contributed by atoms with Gasteiger partial charge >= 0.3 is 6.18 Å². The second-order valence-electron chi connectivity index (χ2n) is 5.25. The molecule has 0 fully saturated rings. The van der Waals surface area contributed by atoms with Gasteiger partial charge in [-0.25, -0.2) is 8.42 Å². The van der Waals surface area contributed by atoms with Crippen LogP contribution in [0.1, 0.15) is 11.1 Å². The molecule has 1 N–H and O–H groups in total. The van der Waals surface area contributed by atoms with Gasteiger partial charge in [-0.1, -0.05) is 30.0 Å². The van der Waals surface area contributed by atoms with Gasteiger partial charge in [0.1, 0.15) is 12.4 Å². The number of ether oxygens (including phenoxy) is 1. The van der Waals surface area contributed by atoms with Crippen LogP contribution in [0.25, 0.3) is 0 Å². The quantitative estimate of drug-likeness (QED) is 0.806. The average Bonchev–Trinajstić information content (AvgIpc) is 2.59. The minimum Gasteiger partial charge on any atom is -0.481 e. The summed E-state index contributed by atoms with van der Waals surface area (Å²) in [5, 5.41) is 0. The van der Waals surface area contributed by atoms with Crippen molar-refractivity contribution in [1.29, 1.82) is 0 Å². The third-order valence-electron chi connectivity index (χ3n) is 3.36. The Hall–Kier alpha value is -2.50. The summed E-state index contributed by atoms with van der Waals surface area (Å²) in [6, 6.07) is 10.6. The predicted molar refractivity (Wildman–Crippen MR) is 91.1 cm³/mol. The summed E-state index contributed by atoms with van der Waals surface area (Å²) in [5.41, 5.74) is 0.0434. The number of aryl methyl sites for hydroxylation is 1. The zero-order valence-electron chi connectivity index (χ0n) is 13.8. The fraction of sp³-hybridized carbons (Fsp3) is 0.222. The maximum Gasteiger partial charge on any atom is 0.416 e. The van der Waals surface area contributed by atoms with Crippen molar-refractivity contribution in [3.63, 3.8) is 0 Å². The number of sulfonamides is 1. The first kappa shape index (κ1) is 19.8. The van der Waals surface area contributed by atoms with Crippen LogP contribution < -0.4 is 9.46 Å². The number of rotatable bonds is 5. The Morgan fingerprint density at radius 2 is 1.69 bits per heavy atom. The number of halogens is 3. The van der Waals surface area contributed by atoms with Gasteiger partial charge in [-0.3, -0.25) is 0 Å². The van der Waals surface area contributed by atoms with Crippen molar-refractivity contribution in [2.24, 2.45) is 0 Å². The Morgan fingerprint density at radius 3 is 2.31 bits per heavy atom. The lowest BCUT2D eigenvalue weighted by Crippen LogP contribution is -2.24. The third-order valence-corrected chi connectivity index (χ3v) is 4.78. The molecule has 0 heterocycles. The Morgan fingerprint density at radius 1 is 1.04 bits per heavy atom. The summed E-state index contributed by atoms with van der Waals surface area (Å²) in [6.07, 6.45) is -4.52. The number of para-hydroxylation sites is 1. The van der Waals surface area contributed by atoms with E-state index in [1.807, 2.05) is 25.1 Å². The van der Waals surface area contributed by atoms with E-state index in [0.717, 1.165) is 29.8 Å². The molecule has 0 radical (unpaired) electrons. The second-order valence-corrected chi connectivity index (χ2v) is 7.02. The van der Waals surface area contributed by atoms with E-state index in [1.165, 1.54) is 0 Å². The van der Waals surface area contributed by atoms with E-state index in [4.69, 9.17) is 4.74 Å². The molecule has 0 unspecified atom stereocenters. The van der Waals surface area contributed by atoms with Crippen LogP contribution in [0, 0.1) is 18.8 Å². The lowest BCUT2D eigenvalue weighted by atomic mass is 10.2. The molecule has 2 rings (SSSR count). The van der Waals surface area contributed by atoms with Crippen molar-refractivity contribution in [2.75, 3.05) is 13.2 Å². The highest BCUT2D eigenvalue weighted by atomic mass is 32.2. The van der Waals surface area contributed by atoms with Crippen molar-refractivity contribution < 1.29 is 26.3 Å². The molecular formula is C18H16F3NO3S. The summed E-state index contributed by atoms with van der Waals surface area (Å²) < 4.78 is 69.1. The molecule has 0 spiro atoms. The maximum atomic E-state index is 12.5. The average molecular weight is 383 g/mol. The van der Waals surface area contributed by atoms with Crippen molar-refractivity contribution in [1.82, 2.24) is 4.72 Å². The van der Waals surface area contributed by atoms with E-state index in [-0.39, 0.29) is 18.0 Å². The summed E-state index contributed by atoms with van der Waals surface area (Å²) in [6.45, 7) is 1.80.